The van der Waals surface area contributed by atoms with Gasteiger partial charge in [-0.3, -0.25) is 4.79 Å². The minimum atomic E-state index is -1.11. The van der Waals surface area contributed by atoms with Crippen molar-refractivity contribution < 1.29 is 19.7 Å². The molecule has 0 bridgehead atoms. The molecule has 2 N–H and O–H groups in total. The third-order valence-corrected chi connectivity index (χ3v) is 6.03. The minimum Gasteiger partial charge on any atom is -0.465 e. The Morgan fingerprint density at radius 1 is 1.21 bits per heavy atom. The zero-order chi connectivity index (χ0) is 20.2. The molecule has 0 saturated heterocycles. The monoisotopic (exact) mass is 443 g/mol. The number of carbonyl (C=O) groups is 1. The van der Waals surface area contributed by atoms with Gasteiger partial charge >= 0.3 is 0 Å². The number of aliphatic hydroxyl groups is 2. The van der Waals surface area contributed by atoms with E-state index in [1.807, 2.05) is 31.3 Å². The molecule has 1 aromatic heterocycles. The Balaban J connectivity index is 1.90. The third kappa shape index (κ3) is 2.79. The van der Waals surface area contributed by atoms with Gasteiger partial charge in [-0.2, -0.15) is 0 Å². The first-order chi connectivity index (χ1) is 13.3. The second kappa shape index (κ2) is 6.72. The first-order valence-corrected chi connectivity index (χ1v) is 9.98. The van der Waals surface area contributed by atoms with Crippen molar-refractivity contribution in [2.75, 3.05) is 6.61 Å². The van der Waals surface area contributed by atoms with Crippen molar-refractivity contribution in [1.29, 1.82) is 0 Å². The Morgan fingerprint density at radius 2 is 1.96 bits per heavy atom. The van der Waals surface area contributed by atoms with Crippen LogP contribution >= 0.6 is 15.9 Å². The van der Waals surface area contributed by atoms with Gasteiger partial charge in [0, 0.05) is 52.1 Å². The summed E-state index contributed by atoms with van der Waals surface area (Å²) in [6.07, 6.45) is -1.00. The van der Waals surface area contributed by atoms with E-state index in [4.69, 9.17) is 9.84 Å². The number of fused-ring (bicyclic) bond motifs is 4. The van der Waals surface area contributed by atoms with Crippen LogP contribution in [0.4, 0.5) is 0 Å². The van der Waals surface area contributed by atoms with Crippen LogP contribution in [0.3, 0.4) is 0 Å². The van der Waals surface area contributed by atoms with E-state index in [9.17, 15) is 9.90 Å². The van der Waals surface area contributed by atoms with Gasteiger partial charge in [0.25, 0.3) is 0 Å². The van der Waals surface area contributed by atoms with Crippen LogP contribution < -0.4 is 4.74 Å². The number of ketones is 1. The molecule has 0 spiro atoms. The summed E-state index contributed by atoms with van der Waals surface area (Å²) in [5.74, 6) is 0.370. The molecule has 0 saturated carbocycles. The van der Waals surface area contributed by atoms with Crippen LogP contribution in [0.5, 0.6) is 5.75 Å². The molecule has 0 aliphatic heterocycles. The molecular formula is C22H22BrNO4. The van der Waals surface area contributed by atoms with Gasteiger partial charge in [0.05, 0.1) is 5.56 Å². The van der Waals surface area contributed by atoms with E-state index in [0.717, 1.165) is 32.2 Å². The maximum absolute atomic E-state index is 13.5. The van der Waals surface area contributed by atoms with Crippen LogP contribution in [0.2, 0.25) is 0 Å². The quantitative estimate of drug-likeness (QED) is 0.599. The average Bonchev–Trinajstić information content (AvgIpc) is 2.93. The molecule has 1 atom stereocenters. The van der Waals surface area contributed by atoms with Crippen LogP contribution in [0, 0.1) is 0 Å². The summed E-state index contributed by atoms with van der Waals surface area (Å²) in [7, 11) is 2.00. The van der Waals surface area contributed by atoms with Gasteiger partial charge in [0.1, 0.15) is 5.75 Å². The van der Waals surface area contributed by atoms with Gasteiger partial charge in [-0.1, -0.05) is 41.9 Å². The smallest absolute Gasteiger partial charge is 0.199 e. The lowest BCUT2D eigenvalue weighted by Gasteiger charge is -2.33. The lowest BCUT2D eigenvalue weighted by atomic mass is 9.71. The first kappa shape index (κ1) is 19.2. The average molecular weight is 444 g/mol. The van der Waals surface area contributed by atoms with E-state index in [2.05, 4.69) is 34.3 Å². The molecule has 146 valence electrons. The molecule has 0 fully saturated rings. The molecule has 1 aliphatic rings. The second-order valence-electron chi connectivity index (χ2n) is 7.69. The SMILES string of the molecule is Cn1c2c(c3ccc(Br)cc31)C(=O)c1cc(O[C@@H](O)CCO)ccc1C2(C)C. The zero-order valence-corrected chi connectivity index (χ0v) is 17.6. The summed E-state index contributed by atoms with van der Waals surface area (Å²) in [6.45, 7) is 4.06. The van der Waals surface area contributed by atoms with Crippen LogP contribution in [0.15, 0.2) is 40.9 Å². The van der Waals surface area contributed by atoms with Gasteiger partial charge in [0.2, 0.25) is 0 Å². The van der Waals surface area contributed by atoms with Crippen molar-refractivity contribution >= 4 is 32.6 Å². The van der Waals surface area contributed by atoms with E-state index >= 15 is 0 Å². The van der Waals surface area contributed by atoms with Crippen molar-refractivity contribution in [1.82, 2.24) is 4.57 Å². The zero-order valence-electron chi connectivity index (χ0n) is 16.0. The number of aryl methyl sites for hydroxylation is 1. The van der Waals surface area contributed by atoms with Crippen molar-refractivity contribution in [3.63, 3.8) is 0 Å². The largest absolute Gasteiger partial charge is 0.465 e. The summed E-state index contributed by atoms with van der Waals surface area (Å²) in [5, 5.41) is 19.7. The fourth-order valence-corrected chi connectivity index (χ4v) is 4.64. The van der Waals surface area contributed by atoms with E-state index in [-0.39, 0.29) is 24.2 Å². The first-order valence-electron chi connectivity index (χ1n) is 9.19. The molecule has 1 heterocycles. The third-order valence-electron chi connectivity index (χ3n) is 5.54. The number of carbonyl (C=O) groups excluding carboxylic acids is 1. The Hall–Kier alpha value is -2.15. The van der Waals surface area contributed by atoms with Crippen molar-refractivity contribution in [3.05, 3.63) is 63.3 Å². The molecular weight excluding hydrogens is 422 g/mol. The molecule has 2 aromatic carbocycles. The lowest BCUT2D eigenvalue weighted by Crippen LogP contribution is -2.32. The molecule has 0 amide bonds. The van der Waals surface area contributed by atoms with E-state index in [1.54, 1.807) is 12.1 Å². The highest BCUT2D eigenvalue weighted by atomic mass is 79.9. The van der Waals surface area contributed by atoms with Gasteiger partial charge in [-0.25, -0.2) is 0 Å². The van der Waals surface area contributed by atoms with Crippen molar-refractivity contribution in [2.24, 2.45) is 7.05 Å². The maximum atomic E-state index is 13.5. The van der Waals surface area contributed by atoms with Gasteiger partial charge in [0.15, 0.2) is 12.1 Å². The minimum absolute atomic E-state index is 0.0423. The number of hydrogen-bond acceptors (Lipinski definition) is 4. The standard InChI is InChI=1S/C22H22BrNO4/c1-22(2)16-7-5-13(28-18(26)8-9-25)11-15(16)20(27)19-14-6-4-12(23)10-17(14)24(3)21(19)22/h4-7,10-11,18,25-26H,8-9H2,1-3H3/t18-/m1/s1. The van der Waals surface area contributed by atoms with Crippen molar-refractivity contribution in [2.45, 2.75) is 32.0 Å². The molecule has 28 heavy (non-hydrogen) atoms. The van der Waals surface area contributed by atoms with Crippen LogP contribution in [0.1, 0.15) is 47.4 Å². The predicted molar refractivity (Wildman–Crippen MR) is 111 cm³/mol. The predicted octanol–water partition coefficient (Wildman–Crippen LogP) is 3.89. The highest BCUT2D eigenvalue weighted by molar-refractivity contribution is 9.10. The Morgan fingerprint density at radius 3 is 2.68 bits per heavy atom. The van der Waals surface area contributed by atoms with Crippen molar-refractivity contribution in [3.8, 4) is 5.75 Å². The highest BCUT2D eigenvalue weighted by Gasteiger charge is 2.41. The molecule has 0 radical (unpaired) electrons. The normalized spacial score (nSPS) is 16.0. The highest BCUT2D eigenvalue weighted by Crippen LogP contribution is 2.46. The maximum Gasteiger partial charge on any atom is 0.199 e. The Bertz CT molecular complexity index is 1100. The number of hydrogen-bond donors (Lipinski definition) is 2. The van der Waals surface area contributed by atoms with Crippen LogP contribution in [-0.4, -0.2) is 33.5 Å². The van der Waals surface area contributed by atoms with Crippen LogP contribution in [0.25, 0.3) is 10.9 Å². The molecule has 1 aliphatic carbocycles. The Labute approximate surface area is 171 Å². The van der Waals surface area contributed by atoms with Gasteiger partial charge < -0.3 is 19.5 Å². The summed E-state index contributed by atoms with van der Waals surface area (Å²) >= 11 is 3.52. The number of aliphatic hydroxyl groups excluding tert-OH is 2. The Kier molecular flexibility index (Phi) is 4.61. The number of benzene rings is 2. The van der Waals surface area contributed by atoms with E-state index in [0.29, 0.717) is 11.3 Å². The van der Waals surface area contributed by atoms with Gasteiger partial charge in [-0.15, -0.1) is 0 Å². The summed E-state index contributed by atoms with van der Waals surface area (Å²) in [4.78, 5) is 13.5. The molecule has 3 aromatic rings. The topological polar surface area (TPSA) is 71.7 Å². The number of halogens is 1. The van der Waals surface area contributed by atoms with E-state index < -0.39 is 6.29 Å². The summed E-state index contributed by atoms with van der Waals surface area (Å²) < 4.78 is 8.54. The number of nitrogens with zero attached hydrogens (tertiary/aromatic N) is 1. The van der Waals surface area contributed by atoms with E-state index in [1.165, 1.54) is 0 Å². The number of aromatic nitrogens is 1. The number of rotatable bonds is 4. The summed E-state index contributed by atoms with van der Waals surface area (Å²) in [6, 6.07) is 11.3. The van der Waals surface area contributed by atoms with Crippen LogP contribution in [-0.2, 0) is 12.5 Å². The lowest BCUT2D eigenvalue weighted by molar-refractivity contribution is -0.0327. The number of ether oxygens (including phenoxy) is 1. The van der Waals surface area contributed by atoms with Gasteiger partial charge in [-0.05, 0) is 29.8 Å². The molecule has 6 heteroatoms. The molecule has 5 nitrogen and oxygen atoms in total. The summed E-state index contributed by atoms with van der Waals surface area (Å²) in [5.41, 5.74) is 3.85. The second-order valence-corrected chi connectivity index (χ2v) is 8.61. The fraction of sp³-hybridized carbons (Fsp3) is 0.318. The molecule has 4 rings (SSSR count). The molecule has 0 unspecified atom stereocenters. The fourth-order valence-electron chi connectivity index (χ4n) is 4.29.